The lowest BCUT2D eigenvalue weighted by Gasteiger charge is -2.10. The monoisotopic (exact) mass is 311 g/mol. The van der Waals surface area contributed by atoms with E-state index in [9.17, 15) is 14.4 Å². The summed E-state index contributed by atoms with van der Waals surface area (Å²) in [5.74, 6) is -0.0950. The molecule has 1 amide bonds. The number of carbonyl (C=O) groups is 1. The maximum absolute atomic E-state index is 11.8. The van der Waals surface area contributed by atoms with E-state index in [2.05, 4.69) is 20.5 Å². The number of H-pyrrole nitrogens is 1. The van der Waals surface area contributed by atoms with Crippen molar-refractivity contribution in [3.63, 3.8) is 0 Å². The van der Waals surface area contributed by atoms with Crippen LogP contribution in [0.1, 0.15) is 0 Å². The molecule has 0 fully saturated rings. The molecular formula is C10H13N7O3S. The van der Waals surface area contributed by atoms with Gasteiger partial charge < -0.3 is 11.1 Å². The molecule has 0 saturated heterocycles. The molecule has 0 radical (unpaired) electrons. The number of nitrogens with two attached hydrogens (primary N) is 1. The average molecular weight is 311 g/mol. The second kappa shape index (κ2) is 5.83. The van der Waals surface area contributed by atoms with Gasteiger partial charge in [-0.25, -0.2) is 9.89 Å². The smallest absolute Gasteiger partial charge is 0.332 e. The van der Waals surface area contributed by atoms with E-state index in [1.54, 1.807) is 0 Å². The minimum Gasteiger partial charge on any atom is -0.368 e. The van der Waals surface area contributed by atoms with Crippen molar-refractivity contribution in [3.05, 3.63) is 26.9 Å². The lowest BCUT2D eigenvalue weighted by Crippen LogP contribution is -2.38. The maximum atomic E-state index is 11.8. The van der Waals surface area contributed by atoms with Gasteiger partial charge in [0.25, 0.3) is 5.56 Å². The molecule has 4 N–H and O–H groups in total. The fourth-order valence-corrected chi connectivity index (χ4v) is 2.09. The van der Waals surface area contributed by atoms with Gasteiger partial charge in [-0.15, -0.1) is 5.10 Å². The summed E-state index contributed by atoms with van der Waals surface area (Å²) in [4.78, 5) is 38.9. The highest BCUT2D eigenvalue weighted by molar-refractivity contribution is 7.99. The van der Waals surface area contributed by atoms with Crippen molar-refractivity contribution in [3.8, 4) is 0 Å². The van der Waals surface area contributed by atoms with Crippen LogP contribution in [-0.2, 0) is 18.9 Å². The fourth-order valence-electron chi connectivity index (χ4n) is 1.48. The number of amides is 1. The molecule has 2 aromatic rings. The Balaban J connectivity index is 2.06. The number of hydrogen-bond donors (Lipinski definition) is 3. The zero-order valence-electron chi connectivity index (χ0n) is 11.3. The largest absolute Gasteiger partial charge is 0.368 e. The summed E-state index contributed by atoms with van der Waals surface area (Å²) in [6.07, 6.45) is 0. The van der Waals surface area contributed by atoms with Gasteiger partial charge in [0, 0.05) is 20.2 Å². The van der Waals surface area contributed by atoms with Crippen molar-refractivity contribution in [2.45, 2.75) is 5.16 Å². The van der Waals surface area contributed by atoms with Gasteiger partial charge in [0.05, 0.1) is 5.75 Å². The Bertz CT molecular complexity index is 791. The first-order chi connectivity index (χ1) is 9.88. The molecule has 2 heterocycles. The number of nitrogens with one attached hydrogen (secondary N) is 2. The first-order valence-corrected chi connectivity index (χ1v) is 6.74. The molecule has 0 aliphatic heterocycles. The van der Waals surface area contributed by atoms with E-state index in [1.165, 1.54) is 24.7 Å². The van der Waals surface area contributed by atoms with Gasteiger partial charge in [-0.3, -0.25) is 18.7 Å². The standard InChI is InChI=1S/C10H13N7O3S/c1-16-5(3-7(19)17(2)10(16)20)12-6(18)4-21-9-13-8(11)14-15-9/h3H,4H2,1-2H3,(H,12,18)(H3,11,13,14,15). The molecule has 0 bridgehead atoms. The quantitative estimate of drug-likeness (QED) is 0.584. The van der Waals surface area contributed by atoms with E-state index in [1.807, 2.05) is 0 Å². The van der Waals surface area contributed by atoms with Gasteiger partial charge in [0.2, 0.25) is 17.0 Å². The highest BCUT2D eigenvalue weighted by atomic mass is 32.2. The molecule has 0 aromatic carbocycles. The third-order valence-electron chi connectivity index (χ3n) is 2.61. The summed E-state index contributed by atoms with van der Waals surface area (Å²) in [5.41, 5.74) is 4.34. The van der Waals surface area contributed by atoms with Gasteiger partial charge in [0.1, 0.15) is 5.82 Å². The molecule has 0 unspecified atom stereocenters. The number of carbonyl (C=O) groups excluding carboxylic acids is 1. The summed E-state index contributed by atoms with van der Waals surface area (Å²) in [5, 5.41) is 9.04. The summed E-state index contributed by atoms with van der Waals surface area (Å²) in [6.45, 7) is 0. The van der Waals surface area contributed by atoms with Gasteiger partial charge in [-0.1, -0.05) is 11.8 Å². The van der Waals surface area contributed by atoms with Crippen molar-refractivity contribution in [2.24, 2.45) is 14.1 Å². The fraction of sp³-hybridized carbons (Fsp3) is 0.300. The highest BCUT2D eigenvalue weighted by Gasteiger charge is 2.11. The van der Waals surface area contributed by atoms with E-state index >= 15 is 0 Å². The van der Waals surface area contributed by atoms with Crippen molar-refractivity contribution in [1.82, 2.24) is 24.3 Å². The molecule has 0 atom stereocenters. The SMILES string of the molecule is Cn1c(NC(=O)CSc2n[nH]c(N)n2)cc(=O)n(C)c1=O. The molecule has 0 aliphatic carbocycles. The number of rotatable bonds is 4. The lowest BCUT2D eigenvalue weighted by molar-refractivity contribution is -0.113. The highest BCUT2D eigenvalue weighted by Crippen LogP contribution is 2.13. The Morgan fingerprint density at radius 1 is 1.43 bits per heavy atom. The summed E-state index contributed by atoms with van der Waals surface area (Å²) >= 11 is 1.07. The molecule has 11 heteroatoms. The Morgan fingerprint density at radius 2 is 2.14 bits per heavy atom. The van der Waals surface area contributed by atoms with Gasteiger partial charge in [-0.2, -0.15) is 4.98 Å². The predicted molar refractivity (Wildman–Crippen MR) is 77.1 cm³/mol. The van der Waals surface area contributed by atoms with E-state index in [0.29, 0.717) is 5.16 Å². The van der Waals surface area contributed by atoms with Crippen LogP contribution >= 0.6 is 11.8 Å². The van der Waals surface area contributed by atoms with Crippen LogP contribution in [0, 0.1) is 0 Å². The molecule has 10 nitrogen and oxygen atoms in total. The number of hydrogen-bond acceptors (Lipinski definition) is 7. The molecular weight excluding hydrogens is 298 g/mol. The molecule has 0 spiro atoms. The van der Waals surface area contributed by atoms with Gasteiger partial charge in [0.15, 0.2) is 0 Å². The second-order valence-electron chi connectivity index (χ2n) is 4.11. The number of nitrogens with zero attached hydrogens (tertiary/aromatic N) is 4. The van der Waals surface area contributed by atoms with Gasteiger partial charge >= 0.3 is 5.69 Å². The zero-order valence-corrected chi connectivity index (χ0v) is 12.1. The molecule has 112 valence electrons. The Kier molecular flexibility index (Phi) is 4.12. The van der Waals surface area contributed by atoms with E-state index < -0.39 is 17.2 Å². The topological polar surface area (TPSA) is 141 Å². The van der Waals surface area contributed by atoms with E-state index in [-0.39, 0.29) is 17.5 Å². The maximum Gasteiger partial charge on any atom is 0.332 e. The summed E-state index contributed by atoms with van der Waals surface area (Å²) in [6, 6.07) is 1.18. The number of nitrogen functional groups attached to an aromatic ring is 1. The van der Waals surface area contributed by atoms with Crippen LogP contribution in [0.5, 0.6) is 0 Å². The van der Waals surface area contributed by atoms with Crippen molar-refractivity contribution < 1.29 is 4.79 Å². The van der Waals surface area contributed by atoms with E-state index in [0.717, 1.165) is 16.3 Å². The van der Waals surface area contributed by atoms with Crippen LogP contribution in [0.15, 0.2) is 20.8 Å². The zero-order chi connectivity index (χ0) is 15.6. The third kappa shape index (κ3) is 3.31. The minimum atomic E-state index is -0.521. The van der Waals surface area contributed by atoms with Crippen LogP contribution in [0.4, 0.5) is 11.8 Å². The van der Waals surface area contributed by atoms with Crippen LogP contribution in [0.25, 0.3) is 0 Å². The molecule has 0 saturated carbocycles. The first kappa shape index (κ1) is 14.8. The first-order valence-electron chi connectivity index (χ1n) is 5.76. The van der Waals surface area contributed by atoms with Crippen LogP contribution in [0.3, 0.4) is 0 Å². The Morgan fingerprint density at radius 3 is 2.76 bits per heavy atom. The summed E-state index contributed by atoms with van der Waals surface area (Å²) < 4.78 is 2.12. The molecule has 2 rings (SSSR count). The van der Waals surface area contributed by atoms with Crippen LogP contribution in [0.2, 0.25) is 0 Å². The van der Waals surface area contributed by atoms with E-state index in [4.69, 9.17) is 5.73 Å². The molecule has 0 aliphatic rings. The number of aromatic nitrogens is 5. The predicted octanol–water partition coefficient (Wildman–Crippen LogP) is -1.48. The summed E-state index contributed by atoms with van der Waals surface area (Å²) in [7, 11) is 2.82. The van der Waals surface area contributed by atoms with Crippen molar-refractivity contribution in [1.29, 1.82) is 0 Å². The molecule has 2 aromatic heterocycles. The number of thioether (sulfide) groups is 1. The second-order valence-corrected chi connectivity index (χ2v) is 5.05. The normalized spacial score (nSPS) is 10.6. The average Bonchev–Trinajstić information content (AvgIpc) is 2.86. The Labute approximate surface area is 122 Å². The minimum absolute atomic E-state index is 0.0146. The third-order valence-corrected chi connectivity index (χ3v) is 3.46. The van der Waals surface area contributed by atoms with Crippen molar-refractivity contribution in [2.75, 3.05) is 16.8 Å². The van der Waals surface area contributed by atoms with Crippen molar-refractivity contribution >= 4 is 29.4 Å². The molecule has 21 heavy (non-hydrogen) atoms. The Hall–Kier alpha value is -2.56. The van der Waals surface area contributed by atoms with Gasteiger partial charge in [-0.05, 0) is 0 Å². The number of aromatic amines is 1. The van der Waals surface area contributed by atoms with Crippen LogP contribution in [-0.4, -0.2) is 36.0 Å². The number of anilines is 2. The van der Waals surface area contributed by atoms with Crippen LogP contribution < -0.4 is 22.3 Å². The lowest BCUT2D eigenvalue weighted by atomic mass is 10.5.